The Morgan fingerprint density at radius 3 is 2.82 bits per heavy atom. The minimum absolute atomic E-state index is 0.121. The quantitative estimate of drug-likeness (QED) is 0.769. The molecule has 0 aliphatic carbocycles. The van der Waals surface area contributed by atoms with Gasteiger partial charge in [-0.1, -0.05) is 6.07 Å². The van der Waals surface area contributed by atoms with E-state index in [2.05, 4.69) is 10.3 Å². The number of likely N-dealkylation sites (N-methyl/N-ethyl adjacent to an activating group) is 1. The molecular formula is C21H27N3O4. The lowest BCUT2D eigenvalue weighted by Crippen LogP contribution is -2.41. The van der Waals surface area contributed by atoms with Crippen LogP contribution in [0.4, 0.5) is 10.5 Å². The molecule has 28 heavy (non-hydrogen) atoms. The number of urea groups is 1. The Bertz CT molecular complexity index is 761. The average Bonchev–Trinajstić information content (AvgIpc) is 2.74. The zero-order chi connectivity index (χ0) is 19.8. The Balaban J connectivity index is 1.55. The summed E-state index contributed by atoms with van der Waals surface area (Å²) in [4.78, 5) is 18.6. The molecule has 2 heterocycles. The van der Waals surface area contributed by atoms with E-state index in [0.29, 0.717) is 36.2 Å². The van der Waals surface area contributed by atoms with E-state index in [1.165, 1.54) is 0 Å². The molecule has 0 unspecified atom stereocenters. The van der Waals surface area contributed by atoms with Gasteiger partial charge in [0.05, 0.1) is 25.1 Å². The van der Waals surface area contributed by atoms with E-state index in [1.807, 2.05) is 25.1 Å². The molecule has 1 aromatic carbocycles. The first-order chi connectivity index (χ1) is 13.7. The van der Waals surface area contributed by atoms with Crippen LogP contribution in [0.15, 0.2) is 42.6 Å². The van der Waals surface area contributed by atoms with Gasteiger partial charge in [-0.05, 0) is 44.4 Å². The largest absolute Gasteiger partial charge is 0.497 e. The zero-order valence-corrected chi connectivity index (χ0v) is 16.4. The molecule has 0 radical (unpaired) electrons. The van der Waals surface area contributed by atoms with Crippen LogP contribution in [0.25, 0.3) is 0 Å². The maximum atomic E-state index is 12.6. The van der Waals surface area contributed by atoms with Gasteiger partial charge in [-0.2, -0.15) is 0 Å². The van der Waals surface area contributed by atoms with Crippen LogP contribution in [-0.4, -0.2) is 48.8 Å². The number of nitrogens with zero attached hydrogens (tertiary/aromatic N) is 2. The highest BCUT2D eigenvalue weighted by atomic mass is 16.5. The van der Waals surface area contributed by atoms with Crippen molar-refractivity contribution in [2.45, 2.75) is 32.3 Å². The van der Waals surface area contributed by atoms with Crippen LogP contribution in [0.2, 0.25) is 0 Å². The van der Waals surface area contributed by atoms with Gasteiger partial charge in [-0.3, -0.25) is 0 Å². The number of anilines is 1. The Morgan fingerprint density at radius 2 is 2.14 bits per heavy atom. The van der Waals surface area contributed by atoms with Crippen LogP contribution in [0.5, 0.6) is 17.4 Å². The molecule has 7 nitrogen and oxygen atoms in total. The number of methoxy groups -OCH3 is 1. The molecule has 0 saturated carbocycles. The van der Waals surface area contributed by atoms with E-state index >= 15 is 0 Å². The predicted octanol–water partition coefficient (Wildman–Crippen LogP) is 4.31. The highest BCUT2D eigenvalue weighted by Gasteiger charge is 2.20. The van der Waals surface area contributed by atoms with Gasteiger partial charge in [0, 0.05) is 31.8 Å². The van der Waals surface area contributed by atoms with Crippen molar-refractivity contribution in [1.82, 2.24) is 9.88 Å². The molecule has 2 amide bonds. The summed E-state index contributed by atoms with van der Waals surface area (Å²) in [6.45, 7) is 3.97. The molecule has 7 heteroatoms. The van der Waals surface area contributed by atoms with Gasteiger partial charge in [0.15, 0.2) is 0 Å². The summed E-state index contributed by atoms with van der Waals surface area (Å²) in [6.07, 6.45) is 4.96. The SMILES string of the molecule is CCN(C[C@H]1CCCCO1)C(=O)Nc1ccc(Oc2cccc(OC)c2)nc1. The third kappa shape index (κ3) is 5.60. The van der Waals surface area contributed by atoms with Crippen LogP contribution in [0.1, 0.15) is 26.2 Å². The minimum Gasteiger partial charge on any atom is -0.497 e. The van der Waals surface area contributed by atoms with Crippen molar-refractivity contribution < 1.29 is 19.0 Å². The summed E-state index contributed by atoms with van der Waals surface area (Å²) in [5.74, 6) is 1.78. The maximum Gasteiger partial charge on any atom is 0.321 e. The molecule has 1 saturated heterocycles. The van der Waals surface area contributed by atoms with Crippen molar-refractivity contribution in [2.75, 3.05) is 32.1 Å². The topological polar surface area (TPSA) is 72.9 Å². The molecular weight excluding hydrogens is 358 g/mol. The molecule has 1 aromatic heterocycles. The summed E-state index contributed by atoms with van der Waals surface area (Å²) in [6, 6.07) is 10.6. The van der Waals surface area contributed by atoms with Gasteiger partial charge in [-0.25, -0.2) is 9.78 Å². The highest BCUT2D eigenvalue weighted by Crippen LogP contribution is 2.24. The van der Waals surface area contributed by atoms with E-state index in [1.54, 1.807) is 36.4 Å². The molecule has 0 bridgehead atoms. The van der Waals surface area contributed by atoms with Crippen molar-refractivity contribution >= 4 is 11.7 Å². The molecule has 1 N–H and O–H groups in total. The monoisotopic (exact) mass is 385 g/mol. The van der Waals surface area contributed by atoms with Crippen molar-refractivity contribution in [3.05, 3.63) is 42.6 Å². The third-order valence-corrected chi connectivity index (χ3v) is 4.62. The molecule has 1 atom stereocenters. The first-order valence-electron chi connectivity index (χ1n) is 9.63. The average molecular weight is 385 g/mol. The minimum atomic E-state index is -0.153. The number of nitrogens with one attached hydrogen (secondary N) is 1. The lowest BCUT2D eigenvalue weighted by Gasteiger charge is -2.29. The lowest BCUT2D eigenvalue weighted by atomic mass is 10.1. The number of carbonyl (C=O) groups is 1. The number of amides is 2. The Morgan fingerprint density at radius 1 is 1.29 bits per heavy atom. The summed E-state index contributed by atoms with van der Waals surface area (Å²) in [5.41, 5.74) is 0.617. The van der Waals surface area contributed by atoms with E-state index < -0.39 is 0 Å². The summed E-state index contributed by atoms with van der Waals surface area (Å²) >= 11 is 0. The molecule has 2 aromatic rings. The highest BCUT2D eigenvalue weighted by molar-refractivity contribution is 5.89. The molecule has 1 aliphatic rings. The Hall–Kier alpha value is -2.80. The Kier molecular flexibility index (Phi) is 7.08. The third-order valence-electron chi connectivity index (χ3n) is 4.62. The van der Waals surface area contributed by atoms with Crippen molar-refractivity contribution in [1.29, 1.82) is 0 Å². The van der Waals surface area contributed by atoms with E-state index in [-0.39, 0.29) is 12.1 Å². The second kappa shape index (κ2) is 9.94. The van der Waals surface area contributed by atoms with Gasteiger partial charge in [-0.15, -0.1) is 0 Å². The van der Waals surface area contributed by atoms with Crippen LogP contribution in [-0.2, 0) is 4.74 Å². The van der Waals surface area contributed by atoms with Gasteiger partial charge < -0.3 is 24.4 Å². The second-order valence-electron chi connectivity index (χ2n) is 6.62. The lowest BCUT2D eigenvalue weighted by molar-refractivity contribution is 0.00221. The summed E-state index contributed by atoms with van der Waals surface area (Å²) < 4.78 is 16.6. The fourth-order valence-corrected chi connectivity index (χ4v) is 3.06. The predicted molar refractivity (Wildman–Crippen MR) is 107 cm³/mol. The van der Waals surface area contributed by atoms with Crippen LogP contribution < -0.4 is 14.8 Å². The fourth-order valence-electron chi connectivity index (χ4n) is 3.06. The fraction of sp³-hybridized carbons (Fsp3) is 0.429. The number of ether oxygens (including phenoxy) is 3. The number of pyridine rings is 1. The number of rotatable bonds is 7. The van der Waals surface area contributed by atoms with Crippen molar-refractivity contribution in [3.63, 3.8) is 0 Å². The van der Waals surface area contributed by atoms with E-state index in [0.717, 1.165) is 25.9 Å². The zero-order valence-electron chi connectivity index (χ0n) is 16.4. The van der Waals surface area contributed by atoms with E-state index in [4.69, 9.17) is 14.2 Å². The number of aromatic nitrogens is 1. The van der Waals surface area contributed by atoms with Crippen molar-refractivity contribution in [2.24, 2.45) is 0 Å². The van der Waals surface area contributed by atoms with Crippen LogP contribution in [0, 0.1) is 0 Å². The number of benzene rings is 1. The normalized spacial score (nSPS) is 16.3. The molecule has 150 valence electrons. The molecule has 0 spiro atoms. The first-order valence-corrected chi connectivity index (χ1v) is 9.63. The molecule has 3 rings (SSSR count). The molecule has 1 fully saturated rings. The van der Waals surface area contributed by atoms with Gasteiger partial charge >= 0.3 is 6.03 Å². The van der Waals surface area contributed by atoms with E-state index in [9.17, 15) is 4.79 Å². The molecule has 1 aliphatic heterocycles. The standard InChI is InChI=1S/C21H27N3O4/c1-3-24(15-19-7-4-5-12-27-19)21(25)23-16-10-11-20(22-14-16)28-18-9-6-8-17(13-18)26-2/h6,8-11,13-14,19H,3-5,7,12,15H2,1-2H3,(H,23,25)/t19-/m1/s1. The van der Waals surface area contributed by atoms with Gasteiger partial charge in [0.1, 0.15) is 11.5 Å². The number of carbonyl (C=O) groups excluding carboxylic acids is 1. The van der Waals surface area contributed by atoms with Crippen molar-refractivity contribution in [3.8, 4) is 17.4 Å². The first kappa shape index (κ1) is 19.9. The second-order valence-corrected chi connectivity index (χ2v) is 6.62. The smallest absolute Gasteiger partial charge is 0.321 e. The van der Waals surface area contributed by atoms with Gasteiger partial charge in [0.2, 0.25) is 5.88 Å². The summed E-state index contributed by atoms with van der Waals surface area (Å²) in [7, 11) is 1.61. The van der Waals surface area contributed by atoms with Crippen LogP contribution >= 0.6 is 0 Å². The summed E-state index contributed by atoms with van der Waals surface area (Å²) in [5, 5.41) is 2.89. The van der Waals surface area contributed by atoms with Gasteiger partial charge in [0.25, 0.3) is 0 Å². The number of hydrogen-bond acceptors (Lipinski definition) is 5. The maximum absolute atomic E-state index is 12.6. The Labute approximate surface area is 165 Å². The van der Waals surface area contributed by atoms with Crippen LogP contribution in [0.3, 0.4) is 0 Å². The number of hydrogen-bond donors (Lipinski definition) is 1.